The number of imidazole rings is 1. The highest BCUT2D eigenvalue weighted by Crippen LogP contribution is 2.34. The fraction of sp³-hybridized carbons (Fsp3) is 0.217. The zero-order chi connectivity index (χ0) is 21.8. The number of nitrogens with zero attached hydrogens (tertiary/aromatic N) is 5. The molecule has 0 aliphatic carbocycles. The number of rotatable bonds is 3. The maximum absolute atomic E-state index is 12.6. The molecular weight excluding hydrogens is 390 g/mol. The van der Waals surface area contributed by atoms with E-state index in [9.17, 15) is 4.79 Å². The molecule has 0 bridgehead atoms. The Bertz CT molecular complexity index is 1440. The predicted octanol–water partition coefficient (Wildman–Crippen LogP) is 3.94. The fourth-order valence-electron chi connectivity index (χ4n) is 3.86. The van der Waals surface area contributed by atoms with E-state index < -0.39 is 5.54 Å². The Morgan fingerprint density at radius 3 is 2.52 bits per heavy atom. The highest BCUT2D eigenvalue weighted by molar-refractivity contribution is 5.87. The van der Waals surface area contributed by atoms with Gasteiger partial charge in [0.05, 0.1) is 11.7 Å². The first-order valence-electron chi connectivity index (χ1n) is 10.1. The third kappa shape index (κ3) is 3.16. The van der Waals surface area contributed by atoms with Crippen LogP contribution in [0.2, 0.25) is 0 Å². The molecule has 0 aliphatic rings. The van der Waals surface area contributed by atoms with Crippen molar-refractivity contribution in [3.8, 4) is 34.2 Å². The molecule has 8 nitrogen and oxygen atoms in total. The first kappa shape index (κ1) is 19.0. The van der Waals surface area contributed by atoms with Gasteiger partial charge in [0.15, 0.2) is 5.82 Å². The molecular formula is C23H23N7O. The van der Waals surface area contributed by atoms with Crippen LogP contribution in [-0.2, 0) is 12.6 Å². The molecule has 0 fully saturated rings. The largest absolute Gasteiger partial charge is 0.344 e. The van der Waals surface area contributed by atoms with E-state index in [1.807, 2.05) is 81.2 Å². The number of aryl methyl sites for hydroxylation is 1. The van der Waals surface area contributed by atoms with Gasteiger partial charge in [-0.1, -0.05) is 42.5 Å². The van der Waals surface area contributed by atoms with Crippen molar-refractivity contribution in [2.75, 3.05) is 0 Å². The van der Waals surface area contributed by atoms with Gasteiger partial charge in [0, 0.05) is 29.1 Å². The number of hydrogen-bond acceptors (Lipinski definition) is 4. The summed E-state index contributed by atoms with van der Waals surface area (Å²) >= 11 is 0. The number of hydrogen-bond donors (Lipinski definition) is 2. The molecule has 2 aromatic carbocycles. The summed E-state index contributed by atoms with van der Waals surface area (Å²) in [6.45, 7) is 5.93. The molecule has 0 atom stereocenters. The summed E-state index contributed by atoms with van der Waals surface area (Å²) in [6.07, 6.45) is 1.84. The summed E-state index contributed by atoms with van der Waals surface area (Å²) in [6, 6.07) is 16.0. The van der Waals surface area contributed by atoms with Crippen LogP contribution in [0.1, 0.15) is 20.8 Å². The van der Waals surface area contributed by atoms with E-state index in [0.29, 0.717) is 17.3 Å². The van der Waals surface area contributed by atoms with Crippen molar-refractivity contribution in [3.63, 3.8) is 0 Å². The SMILES string of the molecule is Cn1ncc2ccc(-c3nc(-c4ccccc4)[nH]c3-c3n[nH]c(=O)n3C(C)(C)C)cc21. The number of benzene rings is 2. The van der Waals surface area contributed by atoms with E-state index in [4.69, 9.17) is 4.98 Å². The Morgan fingerprint density at radius 2 is 1.77 bits per heavy atom. The fourth-order valence-corrected chi connectivity index (χ4v) is 3.86. The molecule has 0 saturated heterocycles. The predicted molar refractivity (Wildman–Crippen MR) is 121 cm³/mol. The Hall–Kier alpha value is -3.94. The van der Waals surface area contributed by atoms with Crippen LogP contribution in [0.3, 0.4) is 0 Å². The highest BCUT2D eigenvalue weighted by Gasteiger charge is 2.26. The smallest absolute Gasteiger partial charge is 0.335 e. The van der Waals surface area contributed by atoms with Crippen LogP contribution in [0.15, 0.2) is 59.5 Å². The lowest BCUT2D eigenvalue weighted by Crippen LogP contribution is -2.32. The van der Waals surface area contributed by atoms with Crippen molar-refractivity contribution in [1.82, 2.24) is 34.5 Å². The van der Waals surface area contributed by atoms with Gasteiger partial charge >= 0.3 is 5.69 Å². The molecule has 0 spiro atoms. The van der Waals surface area contributed by atoms with Crippen LogP contribution in [0.4, 0.5) is 0 Å². The van der Waals surface area contributed by atoms with E-state index in [1.165, 1.54) is 0 Å². The van der Waals surface area contributed by atoms with Gasteiger partial charge in [0.25, 0.3) is 0 Å². The van der Waals surface area contributed by atoms with Gasteiger partial charge < -0.3 is 4.98 Å². The van der Waals surface area contributed by atoms with Crippen molar-refractivity contribution in [2.24, 2.45) is 7.05 Å². The van der Waals surface area contributed by atoms with Gasteiger partial charge in [-0.2, -0.15) is 10.2 Å². The second kappa shape index (κ2) is 6.80. The Kier molecular flexibility index (Phi) is 4.18. The summed E-state index contributed by atoms with van der Waals surface area (Å²) in [4.78, 5) is 20.9. The number of aromatic amines is 2. The van der Waals surface area contributed by atoms with E-state index in [2.05, 4.69) is 26.3 Å². The normalized spacial score (nSPS) is 12.0. The van der Waals surface area contributed by atoms with Gasteiger partial charge in [-0.25, -0.2) is 14.9 Å². The van der Waals surface area contributed by atoms with Gasteiger partial charge in [-0.15, -0.1) is 0 Å². The Labute approximate surface area is 178 Å². The third-order valence-electron chi connectivity index (χ3n) is 5.34. The molecule has 5 aromatic rings. The lowest BCUT2D eigenvalue weighted by atomic mass is 10.1. The second-order valence-corrected chi connectivity index (χ2v) is 8.58. The summed E-state index contributed by atoms with van der Waals surface area (Å²) in [7, 11) is 1.91. The minimum absolute atomic E-state index is 0.258. The van der Waals surface area contributed by atoms with Crippen molar-refractivity contribution in [3.05, 3.63) is 65.2 Å². The van der Waals surface area contributed by atoms with E-state index >= 15 is 0 Å². The highest BCUT2D eigenvalue weighted by atomic mass is 16.1. The zero-order valence-corrected chi connectivity index (χ0v) is 17.8. The number of aromatic nitrogens is 7. The monoisotopic (exact) mass is 413 g/mol. The lowest BCUT2D eigenvalue weighted by molar-refractivity contribution is 0.389. The van der Waals surface area contributed by atoms with Gasteiger partial charge in [0.2, 0.25) is 0 Å². The minimum Gasteiger partial charge on any atom is -0.335 e. The average Bonchev–Trinajstić information content (AvgIpc) is 3.45. The number of H-pyrrole nitrogens is 2. The van der Waals surface area contributed by atoms with Crippen molar-refractivity contribution >= 4 is 10.9 Å². The lowest BCUT2D eigenvalue weighted by Gasteiger charge is -2.21. The van der Waals surface area contributed by atoms with Crippen LogP contribution in [0.25, 0.3) is 45.1 Å². The first-order chi connectivity index (χ1) is 14.8. The topological polar surface area (TPSA) is 97.2 Å². The summed E-state index contributed by atoms with van der Waals surface area (Å²) in [5.41, 5.74) is 3.58. The van der Waals surface area contributed by atoms with Crippen LogP contribution in [0.5, 0.6) is 0 Å². The number of fused-ring (bicyclic) bond motifs is 1. The van der Waals surface area contributed by atoms with Crippen LogP contribution >= 0.6 is 0 Å². The zero-order valence-electron chi connectivity index (χ0n) is 17.8. The summed E-state index contributed by atoms with van der Waals surface area (Å²) in [5, 5.41) is 12.3. The third-order valence-corrected chi connectivity index (χ3v) is 5.34. The molecule has 3 heterocycles. The van der Waals surface area contributed by atoms with Crippen LogP contribution in [-0.4, -0.2) is 34.5 Å². The van der Waals surface area contributed by atoms with Gasteiger partial charge in [-0.3, -0.25) is 9.25 Å². The molecule has 5 rings (SSSR count). The molecule has 156 valence electrons. The van der Waals surface area contributed by atoms with E-state index in [0.717, 1.165) is 27.7 Å². The molecule has 0 amide bonds. The quantitative estimate of drug-likeness (QED) is 0.468. The molecule has 0 aliphatic heterocycles. The molecule has 3 aromatic heterocycles. The molecule has 31 heavy (non-hydrogen) atoms. The minimum atomic E-state index is -0.458. The average molecular weight is 413 g/mol. The van der Waals surface area contributed by atoms with Crippen LogP contribution < -0.4 is 5.69 Å². The number of nitrogens with one attached hydrogen (secondary N) is 2. The van der Waals surface area contributed by atoms with Crippen LogP contribution in [0, 0.1) is 0 Å². The molecule has 0 saturated carbocycles. The molecule has 2 N–H and O–H groups in total. The first-order valence-corrected chi connectivity index (χ1v) is 10.1. The Morgan fingerprint density at radius 1 is 1.00 bits per heavy atom. The van der Waals surface area contributed by atoms with Crippen molar-refractivity contribution in [1.29, 1.82) is 0 Å². The maximum atomic E-state index is 12.6. The van der Waals surface area contributed by atoms with E-state index in [-0.39, 0.29) is 5.69 Å². The van der Waals surface area contributed by atoms with Crippen molar-refractivity contribution in [2.45, 2.75) is 26.3 Å². The standard InChI is InChI=1S/C23H23N7O/c1-23(2,3)30-21(27-28-22(30)31)19-18(25-20(26-19)14-8-6-5-7-9-14)15-10-11-16-13-24-29(4)17(16)12-15/h5-13H,1-4H3,(H,25,26)(H,28,31). The van der Waals surface area contributed by atoms with Gasteiger partial charge in [0.1, 0.15) is 17.2 Å². The Balaban J connectivity index is 1.79. The molecule has 8 heteroatoms. The summed E-state index contributed by atoms with van der Waals surface area (Å²) in [5.74, 6) is 1.24. The van der Waals surface area contributed by atoms with Crippen molar-refractivity contribution < 1.29 is 0 Å². The molecule has 0 radical (unpaired) electrons. The molecule has 0 unspecified atom stereocenters. The second-order valence-electron chi connectivity index (χ2n) is 8.58. The van der Waals surface area contributed by atoms with Gasteiger partial charge in [-0.05, 0) is 26.8 Å². The van der Waals surface area contributed by atoms with E-state index in [1.54, 1.807) is 4.57 Å². The maximum Gasteiger partial charge on any atom is 0.344 e. The summed E-state index contributed by atoms with van der Waals surface area (Å²) < 4.78 is 3.49.